The lowest BCUT2D eigenvalue weighted by Gasteiger charge is -2.19. The van der Waals surface area contributed by atoms with Crippen LogP contribution >= 0.6 is 11.6 Å². The second kappa shape index (κ2) is 9.31. The van der Waals surface area contributed by atoms with Crippen molar-refractivity contribution < 1.29 is 9.59 Å². The van der Waals surface area contributed by atoms with Crippen LogP contribution in [0.4, 0.5) is 0 Å². The molecule has 1 aromatic heterocycles. The van der Waals surface area contributed by atoms with Gasteiger partial charge in [-0.15, -0.1) is 0 Å². The van der Waals surface area contributed by atoms with Gasteiger partial charge in [-0.2, -0.15) is 0 Å². The molecule has 172 valence electrons. The molecule has 1 heterocycles. The number of para-hydroxylation sites is 2. The zero-order valence-corrected chi connectivity index (χ0v) is 19.3. The number of nitrogens with zero attached hydrogens (tertiary/aromatic N) is 1. The van der Waals surface area contributed by atoms with Crippen LogP contribution in [0.5, 0.6) is 0 Å². The summed E-state index contributed by atoms with van der Waals surface area (Å²) >= 11 is 6.05. The number of rotatable bonds is 8. The van der Waals surface area contributed by atoms with Gasteiger partial charge < -0.3 is 15.6 Å². The van der Waals surface area contributed by atoms with E-state index in [9.17, 15) is 9.59 Å². The van der Waals surface area contributed by atoms with Crippen LogP contribution in [-0.2, 0) is 11.2 Å². The number of hydrogen-bond donors (Lipinski definition) is 3. The molecule has 7 heteroatoms. The molecule has 5 rings (SSSR count). The number of amides is 2. The summed E-state index contributed by atoms with van der Waals surface area (Å²) in [4.78, 5) is 33.9. The first-order valence-corrected chi connectivity index (χ1v) is 11.8. The zero-order chi connectivity index (χ0) is 23.5. The van der Waals surface area contributed by atoms with E-state index in [1.54, 1.807) is 12.1 Å². The quantitative estimate of drug-likeness (QED) is 0.327. The highest BCUT2D eigenvalue weighted by Gasteiger charge is 2.61. The molecular formula is C27H25ClN4O2. The van der Waals surface area contributed by atoms with Gasteiger partial charge in [-0.05, 0) is 54.7 Å². The van der Waals surface area contributed by atoms with Gasteiger partial charge >= 0.3 is 0 Å². The van der Waals surface area contributed by atoms with Crippen molar-refractivity contribution in [3.05, 3.63) is 101 Å². The summed E-state index contributed by atoms with van der Waals surface area (Å²) < 4.78 is 0. The summed E-state index contributed by atoms with van der Waals surface area (Å²) in [6, 6.07) is 25.0. The average molecular weight is 473 g/mol. The van der Waals surface area contributed by atoms with Crippen molar-refractivity contribution in [1.29, 1.82) is 0 Å². The fourth-order valence-corrected chi connectivity index (χ4v) is 4.55. The summed E-state index contributed by atoms with van der Waals surface area (Å²) in [6.07, 6.45) is 2.21. The Morgan fingerprint density at radius 2 is 1.74 bits per heavy atom. The van der Waals surface area contributed by atoms with Gasteiger partial charge in [-0.25, -0.2) is 4.98 Å². The van der Waals surface area contributed by atoms with Gasteiger partial charge in [0.15, 0.2) is 5.82 Å². The molecule has 0 spiro atoms. The fourth-order valence-electron chi connectivity index (χ4n) is 4.43. The lowest BCUT2D eigenvalue weighted by molar-refractivity contribution is -0.124. The molecule has 2 amide bonds. The number of H-pyrrole nitrogens is 1. The Morgan fingerprint density at radius 3 is 2.50 bits per heavy atom. The largest absolute Gasteiger partial charge is 0.354 e. The highest BCUT2D eigenvalue weighted by molar-refractivity contribution is 6.30. The molecule has 0 aliphatic heterocycles. The third-order valence-corrected chi connectivity index (χ3v) is 6.60. The molecule has 0 saturated heterocycles. The van der Waals surface area contributed by atoms with Crippen LogP contribution in [0.3, 0.4) is 0 Å². The number of fused-ring (bicyclic) bond motifs is 1. The maximum atomic E-state index is 13.3. The number of carbonyl (C=O) groups is 2. The molecule has 3 aromatic carbocycles. The predicted molar refractivity (Wildman–Crippen MR) is 133 cm³/mol. The number of aromatic nitrogens is 2. The molecule has 0 unspecified atom stereocenters. The summed E-state index contributed by atoms with van der Waals surface area (Å²) in [5.74, 6) is -0.511. The predicted octanol–water partition coefficient (Wildman–Crippen LogP) is 4.62. The Kier molecular flexibility index (Phi) is 6.07. The minimum atomic E-state index is -1.02. The van der Waals surface area contributed by atoms with Crippen molar-refractivity contribution in [2.24, 2.45) is 0 Å². The topological polar surface area (TPSA) is 86.9 Å². The van der Waals surface area contributed by atoms with Crippen LogP contribution in [0.2, 0.25) is 5.02 Å². The zero-order valence-electron chi connectivity index (χ0n) is 18.6. The second-order valence-corrected chi connectivity index (χ2v) is 9.12. The third-order valence-electron chi connectivity index (χ3n) is 6.35. The van der Waals surface area contributed by atoms with E-state index in [1.165, 1.54) is 5.56 Å². The van der Waals surface area contributed by atoms with E-state index < -0.39 is 11.4 Å². The van der Waals surface area contributed by atoms with Gasteiger partial charge in [0.05, 0.1) is 11.0 Å². The Bertz CT molecular complexity index is 1290. The molecule has 0 radical (unpaired) electrons. The normalized spacial score (nSPS) is 19.0. The van der Waals surface area contributed by atoms with E-state index in [4.69, 9.17) is 11.6 Å². The summed E-state index contributed by atoms with van der Waals surface area (Å²) in [5, 5.41) is 6.66. The Morgan fingerprint density at radius 1 is 1.00 bits per heavy atom. The highest BCUT2D eigenvalue weighted by Crippen LogP contribution is 2.52. The Labute approximate surface area is 202 Å². The monoisotopic (exact) mass is 472 g/mol. The molecule has 3 N–H and O–H groups in total. The van der Waals surface area contributed by atoms with Gasteiger partial charge in [-0.3, -0.25) is 9.59 Å². The molecule has 1 aliphatic carbocycles. The molecular weight excluding hydrogens is 448 g/mol. The van der Waals surface area contributed by atoms with E-state index in [0.29, 0.717) is 23.5 Å². The lowest BCUT2D eigenvalue weighted by Crippen LogP contribution is -2.50. The molecule has 4 aromatic rings. The number of carbonyl (C=O) groups excluding carboxylic acids is 2. The number of imidazole rings is 1. The smallest absolute Gasteiger partial charge is 0.287 e. The molecule has 6 nitrogen and oxygen atoms in total. The number of aryl methyl sites for hydroxylation is 1. The van der Waals surface area contributed by atoms with Crippen LogP contribution in [0.1, 0.15) is 40.5 Å². The standard InChI is InChI=1S/C27H25ClN4O2/c28-20-14-12-19(13-15-20)21-17-27(21,26(34)29-16-6-9-18-7-2-1-3-8-18)32-25(33)24-30-22-10-4-5-11-23(22)31-24/h1-5,7-8,10-15,21H,6,9,16-17H2,(H,29,34)(H,30,31)(H,32,33)/t21-,27+/m0/s1. The second-order valence-electron chi connectivity index (χ2n) is 8.68. The SMILES string of the molecule is O=C(N[C@]1(C(=O)NCCCc2ccccc2)C[C@H]1c1ccc(Cl)cc1)c1nc2ccccc2[nH]1. The highest BCUT2D eigenvalue weighted by atomic mass is 35.5. The van der Waals surface area contributed by atoms with E-state index in [1.807, 2.05) is 54.6 Å². The lowest BCUT2D eigenvalue weighted by atomic mass is 10.0. The van der Waals surface area contributed by atoms with Gasteiger partial charge in [0.1, 0.15) is 5.54 Å². The van der Waals surface area contributed by atoms with Crippen molar-refractivity contribution in [2.75, 3.05) is 6.54 Å². The summed E-state index contributed by atoms with van der Waals surface area (Å²) in [6.45, 7) is 0.531. The van der Waals surface area contributed by atoms with E-state index in [2.05, 4.69) is 32.7 Å². The molecule has 1 fully saturated rings. The van der Waals surface area contributed by atoms with Crippen LogP contribution in [0.15, 0.2) is 78.9 Å². The third kappa shape index (κ3) is 4.54. The number of benzene rings is 3. The number of halogens is 1. The van der Waals surface area contributed by atoms with Crippen LogP contribution in [0.25, 0.3) is 11.0 Å². The average Bonchev–Trinajstić information content (AvgIpc) is 3.41. The van der Waals surface area contributed by atoms with Crippen molar-refractivity contribution in [1.82, 2.24) is 20.6 Å². The molecule has 1 saturated carbocycles. The van der Waals surface area contributed by atoms with Crippen molar-refractivity contribution in [2.45, 2.75) is 30.7 Å². The summed E-state index contributed by atoms with van der Waals surface area (Å²) in [5.41, 5.74) is 2.66. The molecule has 34 heavy (non-hydrogen) atoms. The van der Waals surface area contributed by atoms with Gasteiger partial charge in [-0.1, -0.05) is 66.2 Å². The van der Waals surface area contributed by atoms with Gasteiger partial charge in [0, 0.05) is 17.5 Å². The molecule has 2 atom stereocenters. The van der Waals surface area contributed by atoms with Crippen LogP contribution in [0, 0.1) is 0 Å². The van der Waals surface area contributed by atoms with E-state index >= 15 is 0 Å². The number of hydrogen-bond acceptors (Lipinski definition) is 3. The van der Waals surface area contributed by atoms with Crippen molar-refractivity contribution in [3.63, 3.8) is 0 Å². The first-order chi connectivity index (χ1) is 16.5. The Balaban J connectivity index is 1.30. The molecule has 0 bridgehead atoms. The number of nitrogens with one attached hydrogen (secondary N) is 3. The van der Waals surface area contributed by atoms with Crippen molar-refractivity contribution >= 4 is 34.4 Å². The fraction of sp³-hybridized carbons (Fsp3) is 0.222. The van der Waals surface area contributed by atoms with Crippen molar-refractivity contribution in [3.8, 4) is 0 Å². The first-order valence-electron chi connectivity index (χ1n) is 11.4. The minimum absolute atomic E-state index is 0.132. The first kappa shape index (κ1) is 22.2. The maximum absolute atomic E-state index is 13.3. The minimum Gasteiger partial charge on any atom is -0.354 e. The van der Waals surface area contributed by atoms with Crippen LogP contribution in [-0.4, -0.2) is 33.9 Å². The Hall–Kier alpha value is -3.64. The van der Waals surface area contributed by atoms with E-state index in [0.717, 1.165) is 23.9 Å². The summed E-state index contributed by atoms with van der Waals surface area (Å²) in [7, 11) is 0. The maximum Gasteiger partial charge on any atom is 0.287 e. The van der Waals surface area contributed by atoms with Gasteiger partial charge in [0.2, 0.25) is 5.91 Å². The molecule has 1 aliphatic rings. The van der Waals surface area contributed by atoms with Crippen LogP contribution < -0.4 is 10.6 Å². The van der Waals surface area contributed by atoms with E-state index in [-0.39, 0.29) is 17.6 Å². The number of aromatic amines is 1. The van der Waals surface area contributed by atoms with Gasteiger partial charge in [0.25, 0.3) is 5.91 Å².